The number of aliphatic carboxylic acids is 1. The van der Waals surface area contributed by atoms with Crippen LogP contribution in [0.25, 0.3) is 0 Å². The Labute approximate surface area is 111 Å². The molecule has 5 heteroatoms. The summed E-state index contributed by atoms with van der Waals surface area (Å²) < 4.78 is 0. The quantitative estimate of drug-likeness (QED) is 0.640. The summed E-state index contributed by atoms with van der Waals surface area (Å²) in [5.41, 5.74) is 0. The molecule has 1 rings (SSSR count). The molecule has 1 saturated heterocycles. The highest BCUT2D eigenvalue weighted by atomic mass is 16.4. The maximum Gasteiger partial charge on any atom is 0.300 e. The zero-order valence-corrected chi connectivity index (χ0v) is 11.3. The van der Waals surface area contributed by atoms with Gasteiger partial charge < -0.3 is 15.1 Å². The second-order valence-corrected chi connectivity index (χ2v) is 5.45. The molecule has 1 aliphatic rings. The molecule has 0 spiro atoms. The topological polar surface area (TPSA) is 60.8 Å². The zero-order chi connectivity index (χ0) is 13.6. The Kier molecular flexibility index (Phi) is 6.16. The molecule has 0 aromatic carbocycles. The Bertz CT molecular complexity index is 275. The van der Waals surface area contributed by atoms with E-state index in [1.807, 2.05) is 6.92 Å². The third-order valence-electron chi connectivity index (χ3n) is 3.90. The first-order valence-corrected chi connectivity index (χ1v) is 6.87. The number of aliphatic hydroxyl groups is 1. The molecule has 4 nitrogen and oxygen atoms in total. The Morgan fingerprint density at radius 2 is 2.22 bits per heavy atom. The molecular weight excluding hydrogens is 229 g/mol. The summed E-state index contributed by atoms with van der Waals surface area (Å²) in [7, 11) is 6.00. The molecule has 0 aromatic heterocycles. The summed E-state index contributed by atoms with van der Waals surface area (Å²) in [4.78, 5) is 13.5. The molecule has 1 aliphatic heterocycles. The minimum Gasteiger partial charge on any atom is -0.481 e. The second kappa shape index (κ2) is 7.14. The van der Waals surface area contributed by atoms with E-state index in [1.54, 1.807) is 0 Å². The van der Waals surface area contributed by atoms with Crippen LogP contribution in [-0.4, -0.2) is 55.2 Å². The van der Waals surface area contributed by atoms with Crippen molar-refractivity contribution in [1.29, 1.82) is 0 Å². The number of unbranched alkanes of at least 4 members (excludes halogenated alkanes) is 1. The van der Waals surface area contributed by atoms with Gasteiger partial charge in [0, 0.05) is 18.5 Å². The monoisotopic (exact) mass is 253 g/mol. The fourth-order valence-corrected chi connectivity index (χ4v) is 2.45. The van der Waals surface area contributed by atoms with Gasteiger partial charge in [0.05, 0.1) is 7.85 Å². The van der Waals surface area contributed by atoms with E-state index < -0.39 is 11.3 Å². The predicted octanol–water partition coefficient (Wildman–Crippen LogP) is 1.29. The Morgan fingerprint density at radius 1 is 1.50 bits per heavy atom. The minimum atomic E-state index is -1.09. The molecule has 2 radical (unpaired) electrons. The van der Waals surface area contributed by atoms with E-state index in [-0.39, 0.29) is 6.61 Å². The molecule has 2 N–H and O–H groups in total. The predicted molar refractivity (Wildman–Crippen MR) is 71.9 cm³/mol. The van der Waals surface area contributed by atoms with Crippen molar-refractivity contribution in [3.8, 4) is 0 Å². The van der Waals surface area contributed by atoms with Crippen molar-refractivity contribution in [3.63, 3.8) is 0 Å². The van der Waals surface area contributed by atoms with Crippen molar-refractivity contribution < 1.29 is 15.0 Å². The van der Waals surface area contributed by atoms with E-state index in [4.69, 9.17) is 13.0 Å². The van der Waals surface area contributed by atoms with Crippen LogP contribution in [0.5, 0.6) is 0 Å². The normalized spacial score (nSPS) is 24.0. The van der Waals surface area contributed by atoms with Gasteiger partial charge in [0.1, 0.15) is 0 Å². The van der Waals surface area contributed by atoms with Crippen molar-refractivity contribution in [2.75, 3.05) is 26.2 Å². The number of likely N-dealkylation sites (tertiary alicyclic amines) is 1. The van der Waals surface area contributed by atoms with Crippen LogP contribution >= 0.6 is 0 Å². The molecule has 2 atom stereocenters. The highest BCUT2D eigenvalue weighted by Gasteiger charge is 2.33. The average Bonchev–Trinajstić information content (AvgIpc) is 2.81. The van der Waals surface area contributed by atoms with Crippen molar-refractivity contribution in [2.45, 2.75) is 44.3 Å². The van der Waals surface area contributed by atoms with Crippen LogP contribution in [0.15, 0.2) is 0 Å². The summed E-state index contributed by atoms with van der Waals surface area (Å²) in [5, 5.41) is 17.2. The number of aliphatic hydroxyl groups excluding tert-OH is 1. The van der Waals surface area contributed by atoms with E-state index in [9.17, 15) is 9.90 Å². The maximum atomic E-state index is 11.3. The number of hydrogen-bond donors (Lipinski definition) is 2. The maximum absolute atomic E-state index is 11.3. The molecule has 18 heavy (non-hydrogen) atoms. The van der Waals surface area contributed by atoms with Crippen LogP contribution in [0.2, 0.25) is 5.31 Å². The number of hydrogen-bond acceptors (Lipinski definition) is 3. The SMILES string of the molecule is [B]C(CCCC)(CCN1CC[C@@H](CO)C1)C(=O)O. The van der Waals surface area contributed by atoms with E-state index in [2.05, 4.69) is 4.90 Å². The number of carboxylic acids is 1. The Balaban J connectivity index is 2.40. The summed E-state index contributed by atoms with van der Waals surface area (Å²) >= 11 is 0. The van der Waals surface area contributed by atoms with Gasteiger partial charge >= 0.3 is 5.97 Å². The molecule has 0 aliphatic carbocycles. The zero-order valence-electron chi connectivity index (χ0n) is 11.3. The van der Waals surface area contributed by atoms with Crippen molar-refractivity contribution >= 4 is 13.8 Å². The molecule has 0 aromatic rings. The molecule has 1 unspecified atom stereocenters. The third kappa shape index (κ3) is 4.28. The van der Waals surface area contributed by atoms with Crippen LogP contribution < -0.4 is 0 Å². The van der Waals surface area contributed by atoms with E-state index >= 15 is 0 Å². The first-order valence-electron chi connectivity index (χ1n) is 6.87. The first-order chi connectivity index (χ1) is 8.51. The molecule has 0 amide bonds. The van der Waals surface area contributed by atoms with Crippen LogP contribution in [0.4, 0.5) is 0 Å². The first kappa shape index (κ1) is 15.5. The third-order valence-corrected chi connectivity index (χ3v) is 3.90. The van der Waals surface area contributed by atoms with E-state index in [0.717, 1.165) is 32.4 Å². The number of carboxylic acid groups (broad SMARTS) is 1. The fourth-order valence-electron chi connectivity index (χ4n) is 2.45. The molecule has 1 heterocycles. The fraction of sp³-hybridized carbons (Fsp3) is 0.923. The molecule has 0 saturated carbocycles. The Hall–Kier alpha value is -0.545. The summed E-state index contributed by atoms with van der Waals surface area (Å²) in [6, 6.07) is 0. The lowest BCUT2D eigenvalue weighted by atomic mass is 9.63. The van der Waals surface area contributed by atoms with Crippen LogP contribution in [0, 0.1) is 5.92 Å². The molecular formula is C13H24BNO3. The lowest BCUT2D eigenvalue weighted by Crippen LogP contribution is -2.31. The van der Waals surface area contributed by atoms with Gasteiger partial charge in [-0.25, -0.2) is 0 Å². The summed E-state index contributed by atoms with van der Waals surface area (Å²) in [6.45, 7) is 4.77. The summed E-state index contributed by atoms with van der Waals surface area (Å²) in [6.07, 6.45) is 3.83. The number of nitrogens with zero attached hydrogens (tertiary/aromatic N) is 1. The largest absolute Gasteiger partial charge is 0.481 e. The molecule has 102 valence electrons. The minimum absolute atomic E-state index is 0.221. The van der Waals surface area contributed by atoms with Crippen LogP contribution in [-0.2, 0) is 4.79 Å². The standard InChI is InChI=1S/C13H24BNO3/c1-2-3-5-13(14,12(17)18)6-8-15-7-4-11(9-15)10-16/h11,16H,2-10H2,1H3,(H,17,18)/t11-,13?/m1/s1. The van der Waals surface area contributed by atoms with Crippen molar-refractivity contribution in [3.05, 3.63) is 0 Å². The van der Waals surface area contributed by atoms with Gasteiger partial charge in [0.25, 0.3) is 0 Å². The van der Waals surface area contributed by atoms with Gasteiger partial charge in [-0.3, -0.25) is 4.79 Å². The van der Waals surface area contributed by atoms with Gasteiger partial charge in [0.15, 0.2) is 0 Å². The van der Waals surface area contributed by atoms with Crippen LogP contribution in [0.3, 0.4) is 0 Å². The smallest absolute Gasteiger partial charge is 0.300 e. The van der Waals surface area contributed by atoms with E-state index in [1.165, 1.54) is 0 Å². The average molecular weight is 253 g/mol. The Morgan fingerprint density at radius 3 is 2.72 bits per heavy atom. The van der Waals surface area contributed by atoms with Gasteiger partial charge in [-0.1, -0.05) is 19.8 Å². The lowest BCUT2D eigenvalue weighted by molar-refractivity contribution is -0.141. The van der Waals surface area contributed by atoms with Gasteiger partial charge in [-0.15, -0.1) is 0 Å². The van der Waals surface area contributed by atoms with E-state index in [0.29, 0.717) is 25.3 Å². The van der Waals surface area contributed by atoms with Gasteiger partial charge in [-0.05, 0) is 38.3 Å². The lowest BCUT2D eigenvalue weighted by Gasteiger charge is -2.28. The van der Waals surface area contributed by atoms with Crippen molar-refractivity contribution in [1.82, 2.24) is 4.90 Å². The highest BCUT2D eigenvalue weighted by molar-refractivity contribution is 6.26. The van der Waals surface area contributed by atoms with Gasteiger partial charge in [-0.2, -0.15) is 0 Å². The van der Waals surface area contributed by atoms with Gasteiger partial charge in [0.2, 0.25) is 0 Å². The van der Waals surface area contributed by atoms with Crippen molar-refractivity contribution in [2.24, 2.45) is 5.92 Å². The number of rotatable bonds is 8. The molecule has 0 bridgehead atoms. The summed E-state index contributed by atoms with van der Waals surface area (Å²) in [5.74, 6) is -0.550. The number of carbonyl (C=O) groups is 1. The molecule has 1 fully saturated rings. The highest BCUT2D eigenvalue weighted by Crippen LogP contribution is 2.34. The van der Waals surface area contributed by atoms with Crippen LogP contribution in [0.1, 0.15) is 39.0 Å². The second-order valence-electron chi connectivity index (χ2n) is 5.45.